The monoisotopic (exact) mass is 263 g/mol. The molecule has 0 bridgehead atoms. The zero-order valence-electron chi connectivity index (χ0n) is 9.71. The van der Waals surface area contributed by atoms with E-state index in [1.807, 2.05) is 18.2 Å². The Hall–Kier alpha value is -1.71. The van der Waals surface area contributed by atoms with Crippen molar-refractivity contribution in [1.29, 1.82) is 0 Å². The minimum atomic E-state index is -0.400. The fourth-order valence-electron chi connectivity index (χ4n) is 1.63. The molecule has 0 aromatic heterocycles. The molecule has 2 aromatic carbocycles. The van der Waals surface area contributed by atoms with Gasteiger partial charge in [0.05, 0.1) is 11.1 Å². The van der Waals surface area contributed by atoms with Gasteiger partial charge in [0.2, 0.25) is 0 Å². The van der Waals surface area contributed by atoms with Gasteiger partial charge in [-0.1, -0.05) is 41.9 Å². The number of rotatable bonds is 4. The molecule has 3 nitrogen and oxygen atoms in total. The van der Waals surface area contributed by atoms with E-state index < -0.39 is 6.04 Å². The Morgan fingerprint density at radius 3 is 2.50 bits per heavy atom. The summed E-state index contributed by atoms with van der Waals surface area (Å²) >= 11 is 5.97. The van der Waals surface area contributed by atoms with Gasteiger partial charge in [0.1, 0.15) is 18.1 Å². The molecule has 0 spiro atoms. The Morgan fingerprint density at radius 2 is 1.78 bits per heavy atom. The van der Waals surface area contributed by atoms with Gasteiger partial charge in [-0.3, -0.25) is 0 Å². The largest absolute Gasteiger partial charge is 0.508 e. The van der Waals surface area contributed by atoms with Gasteiger partial charge in [-0.2, -0.15) is 0 Å². The van der Waals surface area contributed by atoms with E-state index in [-0.39, 0.29) is 12.4 Å². The van der Waals surface area contributed by atoms with E-state index in [0.29, 0.717) is 16.3 Å². The molecule has 2 rings (SSSR count). The molecule has 1 unspecified atom stereocenters. The number of para-hydroxylation sites is 2. The topological polar surface area (TPSA) is 55.5 Å². The van der Waals surface area contributed by atoms with E-state index in [9.17, 15) is 5.11 Å². The molecule has 0 saturated carbocycles. The number of benzene rings is 2. The third kappa shape index (κ3) is 2.94. The average Bonchev–Trinajstić information content (AvgIpc) is 2.38. The SMILES string of the molecule is NC(COc1ccccc1Cl)c1ccccc1O. The molecule has 0 aliphatic carbocycles. The molecule has 0 amide bonds. The van der Waals surface area contributed by atoms with Crippen LogP contribution in [0.4, 0.5) is 0 Å². The summed E-state index contributed by atoms with van der Waals surface area (Å²) in [6.45, 7) is 0.251. The van der Waals surface area contributed by atoms with Crippen LogP contribution < -0.4 is 10.5 Å². The second-order valence-corrected chi connectivity index (χ2v) is 4.31. The zero-order chi connectivity index (χ0) is 13.0. The highest BCUT2D eigenvalue weighted by Gasteiger charge is 2.11. The van der Waals surface area contributed by atoms with Gasteiger partial charge in [-0.25, -0.2) is 0 Å². The number of ether oxygens (including phenoxy) is 1. The summed E-state index contributed by atoms with van der Waals surface area (Å²) in [5.74, 6) is 0.762. The van der Waals surface area contributed by atoms with E-state index in [0.717, 1.165) is 0 Å². The van der Waals surface area contributed by atoms with Crippen molar-refractivity contribution >= 4 is 11.6 Å². The van der Waals surface area contributed by atoms with Crippen molar-refractivity contribution in [1.82, 2.24) is 0 Å². The molecule has 2 aromatic rings. The molecular weight excluding hydrogens is 250 g/mol. The Bertz CT molecular complexity index is 531. The van der Waals surface area contributed by atoms with Crippen molar-refractivity contribution in [3.8, 4) is 11.5 Å². The van der Waals surface area contributed by atoms with Crippen LogP contribution in [0.3, 0.4) is 0 Å². The second kappa shape index (κ2) is 5.76. The van der Waals surface area contributed by atoms with E-state index in [1.54, 1.807) is 30.3 Å². The highest BCUT2D eigenvalue weighted by atomic mass is 35.5. The predicted molar refractivity (Wildman–Crippen MR) is 72.0 cm³/mol. The fraction of sp³-hybridized carbons (Fsp3) is 0.143. The first-order valence-electron chi connectivity index (χ1n) is 5.59. The van der Waals surface area contributed by atoms with E-state index in [4.69, 9.17) is 22.1 Å². The van der Waals surface area contributed by atoms with Gasteiger partial charge in [-0.05, 0) is 18.2 Å². The second-order valence-electron chi connectivity index (χ2n) is 3.91. The Labute approximate surface area is 111 Å². The molecule has 3 N–H and O–H groups in total. The van der Waals surface area contributed by atoms with E-state index in [2.05, 4.69) is 0 Å². The van der Waals surface area contributed by atoms with Gasteiger partial charge in [0.15, 0.2) is 0 Å². The summed E-state index contributed by atoms with van der Waals surface area (Å²) in [5.41, 5.74) is 6.62. The highest BCUT2D eigenvalue weighted by Crippen LogP contribution is 2.26. The summed E-state index contributed by atoms with van der Waals surface area (Å²) < 4.78 is 5.54. The van der Waals surface area contributed by atoms with Crippen LogP contribution in [0, 0.1) is 0 Å². The predicted octanol–water partition coefficient (Wildman–Crippen LogP) is 3.12. The van der Waals surface area contributed by atoms with Crippen LogP contribution >= 0.6 is 11.6 Å². The molecule has 0 heterocycles. The van der Waals surface area contributed by atoms with E-state index in [1.165, 1.54) is 0 Å². The van der Waals surface area contributed by atoms with Crippen LogP contribution in [-0.2, 0) is 0 Å². The lowest BCUT2D eigenvalue weighted by atomic mass is 10.1. The standard InChI is InChI=1S/C14H14ClNO2/c15-11-6-2-4-8-14(11)18-9-12(16)10-5-1-3-7-13(10)17/h1-8,12,17H,9,16H2. The number of hydrogen-bond acceptors (Lipinski definition) is 3. The normalized spacial score (nSPS) is 12.1. The van der Waals surface area contributed by atoms with Crippen molar-refractivity contribution in [3.63, 3.8) is 0 Å². The Kier molecular flexibility index (Phi) is 4.07. The summed E-state index contributed by atoms with van der Waals surface area (Å²) in [5, 5.41) is 10.2. The Balaban J connectivity index is 2.03. The first-order chi connectivity index (χ1) is 8.68. The van der Waals surface area contributed by atoms with Gasteiger partial charge in [-0.15, -0.1) is 0 Å². The summed E-state index contributed by atoms with van der Waals surface area (Å²) in [6, 6.07) is 13.8. The molecule has 0 fully saturated rings. The molecule has 0 aliphatic rings. The number of phenolic OH excluding ortho intramolecular Hbond substituents is 1. The van der Waals surface area contributed by atoms with Crippen LogP contribution in [0.5, 0.6) is 11.5 Å². The Morgan fingerprint density at radius 1 is 1.11 bits per heavy atom. The molecule has 0 aliphatic heterocycles. The van der Waals surface area contributed by atoms with Crippen LogP contribution in [0.25, 0.3) is 0 Å². The van der Waals surface area contributed by atoms with E-state index >= 15 is 0 Å². The van der Waals surface area contributed by atoms with Crippen LogP contribution in [0.1, 0.15) is 11.6 Å². The zero-order valence-corrected chi connectivity index (χ0v) is 10.5. The van der Waals surface area contributed by atoms with Crippen LogP contribution in [-0.4, -0.2) is 11.7 Å². The van der Waals surface area contributed by atoms with Crippen LogP contribution in [0.2, 0.25) is 5.02 Å². The van der Waals surface area contributed by atoms with Crippen molar-refractivity contribution in [2.45, 2.75) is 6.04 Å². The molecule has 1 atom stereocenters. The van der Waals surface area contributed by atoms with Gasteiger partial charge in [0.25, 0.3) is 0 Å². The quantitative estimate of drug-likeness (QED) is 0.891. The molecular formula is C14H14ClNO2. The molecule has 4 heteroatoms. The molecule has 18 heavy (non-hydrogen) atoms. The molecule has 0 saturated heterocycles. The van der Waals surface area contributed by atoms with Crippen LogP contribution in [0.15, 0.2) is 48.5 Å². The smallest absolute Gasteiger partial charge is 0.137 e. The van der Waals surface area contributed by atoms with Gasteiger partial charge in [0, 0.05) is 5.56 Å². The lowest BCUT2D eigenvalue weighted by Gasteiger charge is -2.15. The molecule has 94 valence electrons. The van der Waals surface area contributed by atoms with Gasteiger partial charge >= 0.3 is 0 Å². The first-order valence-corrected chi connectivity index (χ1v) is 5.97. The number of hydrogen-bond donors (Lipinski definition) is 2. The van der Waals surface area contributed by atoms with Crippen molar-refractivity contribution in [2.75, 3.05) is 6.61 Å². The number of halogens is 1. The summed E-state index contributed by atoms with van der Waals surface area (Å²) in [4.78, 5) is 0. The number of aromatic hydroxyl groups is 1. The molecule has 0 radical (unpaired) electrons. The van der Waals surface area contributed by atoms with Gasteiger partial charge < -0.3 is 15.6 Å². The van der Waals surface area contributed by atoms with Crippen molar-refractivity contribution in [2.24, 2.45) is 5.73 Å². The summed E-state index contributed by atoms with van der Waals surface area (Å²) in [7, 11) is 0. The van der Waals surface area contributed by atoms with Crippen molar-refractivity contribution in [3.05, 3.63) is 59.1 Å². The maximum Gasteiger partial charge on any atom is 0.137 e. The first kappa shape index (κ1) is 12.7. The lowest BCUT2D eigenvalue weighted by molar-refractivity contribution is 0.287. The lowest BCUT2D eigenvalue weighted by Crippen LogP contribution is -2.19. The number of nitrogens with two attached hydrogens (primary N) is 1. The minimum absolute atomic E-state index is 0.174. The number of phenols is 1. The third-order valence-electron chi connectivity index (χ3n) is 2.59. The van der Waals surface area contributed by atoms with Crippen molar-refractivity contribution < 1.29 is 9.84 Å². The third-order valence-corrected chi connectivity index (χ3v) is 2.90. The summed E-state index contributed by atoms with van der Waals surface area (Å²) in [6.07, 6.45) is 0. The fourth-order valence-corrected chi connectivity index (χ4v) is 1.82. The minimum Gasteiger partial charge on any atom is -0.508 e. The maximum atomic E-state index is 9.67. The maximum absolute atomic E-state index is 9.67. The average molecular weight is 264 g/mol. The highest BCUT2D eigenvalue weighted by molar-refractivity contribution is 6.32.